The molecule has 0 saturated carbocycles. The number of hydrogen-bond donors (Lipinski definition) is 2. The average Bonchev–Trinajstić information content (AvgIpc) is 2.74. The van der Waals surface area contributed by atoms with Crippen LogP contribution in [0.3, 0.4) is 0 Å². The first-order valence-corrected chi connectivity index (χ1v) is 10.00. The van der Waals surface area contributed by atoms with Gasteiger partial charge in [-0.2, -0.15) is 0 Å². The van der Waals surface area contributed by atoms with E-state index in [0.29, 0.717) is 42.7 Å². The molecule has 2 aromatic carbocycles. The Balaban J connectivity index is 1.54. The van der Waals surface area contributed by atoms with Crippen molar-refractivity contribution in [2.45, 2.75) is 32.7 Å². The molecule has 0 aliphatic carbocycles. The highest BCUT2D eigenvalue weighted by molar-refractivity contribution is 6.04. The number of piperidine rings is 1. The summed E-state index contributed by atoms with van der Waals surface area (Å²) in [6.07, 6.45) is 1.35. The van der Waals surface area contributed by atoms with Crippen molar-refractivity contribution < 1.29 is 14.4 Å². The fourth-order valence-corrected chi connectivity index (χ4v) is 3.42. The smallest absolute Gasteiger partial charge is 0.255 e. The first kappa shape index (κ1) is 20.6. The highest BCUT2D eigenvalue weighted by Gasteiger charge is 2.28. The van der Waals surface area contributed by atoms with E-state index in [1.807, 2.05) is 32.0 Å². The topological polar surface area (TPSA) is 78.5 Å². The molecule has 6 nitrogen and oxygen atoms in total. The SMILES string of the molecule is CC(C)NC(=O)C1CCN(C(=O)c2ccc(NC(=O)c3ccccc3)cc2)CC1. The lowest BCUT2D eigenvalue weighted by Gasteiger charge is -2.31. The lowest BCUT2D eigenvalue weighted by Crippen LogP contribution is -2.44. The molecule has 2 N–H and O–H groups in total. The fraction of sp³-hybridized carbons (Fsp3) is 0.348. The van der Waals surface area contributed by atoms with Gasteiger partial charge in [0.05, 0.1) is 0 Å². The number of carbonyl (C=O) groups is 3. The molecule has 6 heteroatoms. The van der Waals surface area contributed by atoms with Crippen LogP contribution in [0, 0.1) is 5.92 Å². The van der Waals surface area contributed by atoms with Crippen molar-refractivity contribution in [2.75, 3.05) is 18.4 Å². The number of likely N-dealkylation sites (tertiary alicyclic amines) is 1. The summed E-state index contributed by atoms with van der Waals surface area (Å²) >= 11 is 0. The number of carbonyl (C=O) groups excluding carboxylic acids is 3. The number of nitrogens with one attached hydrogen (secondary N) is 2. The lowest BCUT2D eigenvalue weighted by atomic mass is 9.95. The predicted molar refractivity (Wildman–Crippen MR) is 113 cm³/mol. The Bertz CT molecular complexity index is 855. The van der Waals surface area contributed by atoms with E-state index in [9.17, 15) is 14.4 Å². The van der Waals surface area contributed by atoms with Crippen molar-refractivity contribution in [1.82, 2.24) is 10.2 Å². The van der Waals surface area contributed by atoms with Crippen LogP contribution in [0.15, 0.2) is 54.6 Å². The van der Waals surface area contributed by atoms with Crippen LogP contribution in [0.2, 0.25) is 0 Å². The first-order valence-electron chi connectivity index (χ1n) is 10.00. The van der Waals surface area contributed by atoms with E-state index in [-0.39, 0.29) is 29.7 Å². The summed E-state index contributed by atoms with van der Waals surface area (Å²) in [5, 5.41) is 5.77. The van der Waals surface area contributed by atoms with E-state index in [2.05, 4.69) is 10.6 Å². The Kier molecular flexibility index (Phi) is 6.65. The highest BCUT2D eigenvalue weighted by atomic mass is 16.2. The Hall–Kier alpha value is -3.15. The molecule has 0 bridgehead atoms. The van der Waals surface area contributed by atoms with Gasteiger partial charge in [0.2, 0.25) is 5.91 Å². The molecule has 3 rings (SSSR count). The molecule has 1 heterocycles. The number of nitrogens with zero attached hydrogens (tertiary/aromatic N) is 1. The van der Waals surface area contributed by atoms with Crippen LogP contribution in [0.1, 0.15) is 47.4 Å². The maximum Gasteiger partial charge on any atom is 0.255 e. The minimum absolute atomic E-state index is 0.0305. The first-order chi connectivity index (χ1) is 13.9. The summed E-state index contributed by atoms with van der Waals surface area (Å²) in [4.78, 5) is 38.9. The van der Waals surface area contributed by atoms with Gasteiger partial charge in [-0.15, -0.1) is 0 Å². The molecule has 1 aliphatic heterocycles. The fourth-order valence-electron chi connectivity index (χ4n) is 3.42. The zero-order chi connectivity index (χ0) is 20.8. The van der Waals surface area contributed by atoms with E-state index in [1.54, 1.807) is 41.3 Å². The molecule has 0 unspecified atom stereocenters. The van der Waals surface area contributed by atoms with E-state index in [0.717, 1.165) is 0 Å². The highest BCUT2D eigenvalue weighted by Crippen LogP contribution is 2.20. The molecule has 152 valence electrons. The van der Waals surface area contributed by atoms with Gasteiger partial charge in [0, 0.05) is 41.9 Å². The van der Waals surface area contributed by atoms with Crippen LogP contribution >= 0.6 is 0 Å². The van der Waals surface area contributed by atoms with E-state index < -0.39 is 0 Å². The number of benzene rings is 2. The maximum atomic E-state index is 12.7. The molecule has 3 amide bonds. The Morgan fingerprint density at radius 2 is 1.52 bits per heavy atom. The second kappa shape index (κ2) is 9.37. The number of amides is 3. The molecule has 2 aromatic rings. The van der Waals surface area contributed by atoms with Crippen molar-refractivity contribution in [2.24, 2.45) is 5.92 Å². The van der Waals surface area contributed by atoms with Crippen molar-refractivity contribution in [3.8, 4) is 0 Å². The summed E-state index contributed by atoms with van der Waals surface area (Å²) in [5.74, 6) is -0.192. The third-order valence-corrected chi connectivity index (χ3v) is 5.01. The van der Waals surface area contributed by atoms with Gasteiger partial charge in [0.25, 0.3) is 11.8 Å². The second-order valence-electron chi connectivity index (χ2n) is 7.63. The summed E-state index contributed by atoms with van der Waals surface area (Å²) in [6, 6.07) is 16.0. The van der Waals surface area contributed by atoms with Crippen LogP contribution in [0.4, 0.5) is 5.69 Å². The van der Waals surface area contributed by atoms with Crippen LogP contribution < -0.4 is 10.6 Å². The molecule has 1 aliphatic rings. The normalized spacial score (nSPS) is 14.5. The van der Waals surface area contributed by atoms with Gasteiger partial charge in [0.15, 0.2) is 0 Å². The third-order valence-electron chi connectivity index (χ3n) is 5.01. The number of hydrogen-bond acceptors (Lipinski definition) is 3. The van der Waals surface area contributed by atoms with Gasteiger partial charge in [-0.25, -0.2) is 0 Å². The summed E-state index contributed by atoms with van der Waals surface area (Å²) in [5.41, 5.74) is 1.80. The van der Waals surface area contributed by atoms with Crippen LogP contribution in [0.25, 0.3) is 0 Å². The van der Waals surface area contributed by atoms with Crippen LogP contribution in [0.5, 0.6) is 0 Å². The Morgan fingerprint density at radius 1 is 0.897 bits per heavy atom. The molecule has 29 heavy (non-hydrogen) atoms. The van der Waals surface area contributed by atoms with Crippen molar-refractivity contribution in [1.29, 1.82) is 0 Å². The number of rotatable bonds is 5. The van der Waals surface area contributed by atoms with Crippen molar-refractivity contribution in [3.05, 3.63) is 65.7 Å². The zero-order valence-corrected chi connectivity index (χ0v) is 16.9. The summed E-state index contributed by atoms with van der Waals surface area (Å²) in [7, 11) is 0. The minimum atomic E-state index is -0.188. The van der Waals surface area contributed by atoms with E-state index in [4.69, 9.17) is 0 Å². The van der Waals surface area contributed by atoms with E-state index >= 15 is 0 Å². The Morgan fingerprint density at radius 3 is 2.10 bits per heavy atom. The molecule has 1 saturated heterocycles. The van der Waals surface area contributed by atoms with Gasteiger partial charge < -0.3 is 15.5 Å². The zero-order valence-electron chi connectivity index (χ0n) is 16.9. The second-order valence-corrected chi connectivity index (χ2v) is 7.63. The van der Waals surface area contributed by atoms with Crippen molar-refractivity contribution in [3.63, 3.8) is 0 Å². The molecule has 0 radical (unpaired) electrons. The number of anilines is 1. The monoisotopic (exact) mass is 393 g/mol. The van der Waals surface area contributed by atoms with E-state index in [1.165, 1.54) is 0 Å². The van der Waals surface area contributed by atoms with Gasteiger partial charge in [-0.1, -0.05) is 18.2 Å². The average molecular weight is 393 g/mol. The maximum absolute atomic E-state index is 12.7. The third kappa shape index (κ3) is 5.44. The van der Waals surface area contributed by atoms with Crippen molar-refractivity contribution >= 4 is 23.4 Å². The molecule has 1 fully saturated rings. The standard InChI is InChI=1S/C23H27N3O3/c1-16(2)24-21(27)18-12-14-26(15-13-18)23(29)19-8-10-20(11-9-19)25-22(28)17-6-4-3-5-7-17/h3-11,16,18H,12-15H2,1-2H3,(H,24,27)(H,25,28). The largest absolute Gasteiger partial charge is 0.354 e. The van der Waals surface area contributed by atoms with Crippen LogP contribution in [-0.4, -0.2) is 41.8 Å². The molecular formula is C23H27N3O3. The minimum Gasteiger partial charge on any atom is -0.354 e. The molecular weight excluding hydrogens is 366 g/mol. The Labute approximate surface area is 171 Å². The van der Waals surface area contributed by atoms with Gasteiger partial charge in [0.1, 0.15) is 0 Å². The van der Waals surface area contributed by atoms with Gasteiger partial charge in [-0.3, -0.25) is 14.4 Å². The van der Waals surface area contributed by atoms with Gasteiger partial charge in [-0.05, 0) is 63.1 Å². The van der Waals surface area contributed by atoms with Crippen LogP contribution in [-0.2, 0) is 4.79 Å². The molecule has 0 spiro atoms. The summed E-state index contributed by atoms with van der Waals surface area (Å²) < 4.78 is 0. The lowest BCUT2D eigenvalue weighted by molar-refractivity contribution is -0.126. The molecule has 0 aromatic heterocycles. The summed E-state index contributed by atoms with van der Waals surface area (Å²) in [6.45, 7) is 5.04. The predicted octanol–water partition coefficient (Wildman–Crippen LogP) is 3.32. The molecule has 0 atom stereocenters. The quantitative estimate of drug-likeness (QED) is 0.818. The van der Waals surface area contributed by atoms with Gasteiger partial charge >= 0.3 is 0 Å².